The smallest absolute Gasteiger partial charge is 0.346 e. The Balaban J connectivity index is 0.00000144. The van der Waals surface area contributed by atoms with Crippen molar-refractivity contribution in [3.63, 3.8) is 0 Å². The summed E-state index contributed by atoms with van der Waals surface area (Å²) in [6.45, 7) is 0.367. The summed E-state index contributed by atoms with van der Waals surface area (Å²) in [5.74, 6) is -0.494. The summed E-state index contributed by atoms with van der Waals surface area (Å²) in [6, 6.07) is 9.42. The first-order valence-electron chi connectivity index (χ1n) is 4.72. The van der Waals surface area contributed by atoms with Gasteiger partial charge in [0.05, 0.1) is 0 Å². The number of carbonyl (C=O) groups is 1. The van der Waals surface area contributed by atoms with Gasteiger partial charge in [0.1, 0.15) is 0 Å². The molecule has 1 heterocycles. The van der Waals surface area contributed by atoms with Crippen LogP contribution >= 0.6 is 0 Å². The number of carbonyl (C=O) groups excluding carboxylic acids is 1. The Labute approximate surface area is 119 Å². The van der Waals surface area contributed by atoms with E-state index in [1.807, 2.05) is 30.3 Å². The Kier molecular flexibility index (Phi) is 5.14. The second-order valence-electron chi connectivity index (χ2n) is 3.19. The van der Waals surface area contributed by atoms with Crippen molar-refractivity contribution < 1.29 is 34.4 Å². The standard InChI is InChI=1S/C10H10N4O2.Na/c15-9(8-10(16)13-14-12-8)11-6-7-4-2-1-3-5-7;/h1-5H,6H2,(H,11,15)(H2,12,13,14,16);/q;+1. The summed E-state index contributed by atoms with van der Waals surface area (Å²) in [6.07, 6.45) is 0. The molecule has 0 saturated heterocycles. The number of nitrogens with zero attached hydrogens (tertiary/aromatic N) is 1. The Morgan fingerprint density at radius 1 is 1.29 bits per heavy atom. The van der Waals surface area contributed by atoms with E-state index in [0.29, 0.717) is 6.54 Å². The average molecular weight is 241 g/mol. The first-order valence-corrected chi connectivity index (χ1v) is 4.72. The van der Waals surface area contributed by atoms with Gasteiger partial charge in [0.15, 0.2) is 0 Å². The summed E-state index contributed by atoms with van der Waals surface area (Å²) in [4.78, 5) is 22.5. The van der Waals surface area contributed by atoms with Gasteiger partial charge in [-0.25, -0.2) is 10.3 Å². The van der Waals surface area contributed by atoms with Crippen LogP contribution in [-0.2, 0) is 6.54 Å². The first-order chi connectivity index (χ1) is 7.77. The van der Waals surface area contributed by atoms with Gasteiger partial charge in [0, 0.05) is 6.54 Å². The maximum atomic E-state index is 11.5. The first kappa shape index (κ1) is 13.7. The SMILES string of the molecule is O=C(NCc1ccccc1)c1n[nH][nH]c1=O.[Na+]. The predicted octanol–water partition coefficient (Wildman–Crippen LogP) is -2.97. The topological polar surface area (TPSA) is 90.6 Å². The monoisotopic (exact) mass is 241 g/mol. The third kappa shape index (κ3) is 3.55. The number of H-pyrrole nitrogens is 2. The van der Waals surface area contributed by atoms with Gasteiger partial charge < -0.3 is 5.32 Å². The number of hydrogen-bond donors (Lipinski definition) is 3. The fraction of sp³-hybridized carbons (Fsp3) is 0.100. The van der Waals surface area contributed by atoms with E-state index in [1.165, 1.54) is 0 Å². The van der Waals surface area contributed by atoms with E-state index in [2.05, 4.69) is 20.7 Å². The van der Waals surface area contributed by atoms with Gasteiger partial charge in [0.2, 0.25) is 5.69 Å². The maximum absolute atomic E-state index is 11.5. The molecule has 0 fully saturated rings. The molecule has 0 saturated carbocycles. The molecule has 82 valence electrons. The molecule has 0 aliphatic carbocycles. The molecule has 0 aliphatic heterocycles. The Morgan fingerprint density at radius 3 is 2.59 bits per heavy atom. The molecule has 0 atom stereocenters. The number of hydrogen-bond acceptors (Lipinski definition) is 3. The van der Waals surface area contributed by atoms with Crippen LogP contribution in [0.2, 0.25) is 0 Å². The largest absolute Gasteiger partial charge is 1.00 e. The molecular weight excluding hydrogens is 231 g/mol. The molecule has 0 aliphatic rings. The number of aromatic nitrogens is 3. The normalized spacial score (nSPS) is 9.41. The fourth-order valence-corrected chi connectivity index (χ4v) is 1.26. The van der Waals surface area contributed by atoms with Crippen LogP contribution in [0.5, 0.6) is 0 Å². The number of nitrogens with one attached hydrogen (secondary N) is 3. The zero-order valence-electron chi connectivity index (χ0n) is 9.36. The van der Waals surface area contributed by atoms with Crippen LogP contribution in [-0.4, -0.2) is 21.3 Å². The molecule has 0 unspecified atom stereocenters. The summed E-state index contributed by atoms with van der Waals surface area (Å²) in [5, 5.41) is 10.5. The molecule has 7 heteroatoms. The van der Waals surface area contributed by atoms with Crippen molar-refractivity contribution in [3.8, 4) is 0 Å². The molecule has 3 N–H and O–H groups in total. The molecule has 0 radical (unpaired) electrons. The van der Waals surface area contributed by atoms with Crippen molar-refractivity contribution in [2.24, 2.45) is 0 Å². The summed E-state index contributed by atoms with van der Waals surface area (Å²) in [5.41, 5.74) is 0.282. The van der Waals surface area contributed by atoms with Crippen LogP contribution in [0.3, 0.4) is 0 Å². The Hall–Kier alpha value is -1.37. The van der Waals surface area contributed by atoms with Crippen molar-refractivity contribution in [1.29, 1.82) is 0 Å². The number of amides is 1. The fourth-order valence-electron chi connectivity index (χ4n) is 1.26. The van der Waals surface area contributed by atoms with E-state index in [-0.39, 0.29) is 35.3 Å². The minimum absolute atomic E-state index is 0. The van der Waals surface area contributed by atoms with E-state index < -0.39 is 11.5 Å². The van der Waals surface area contributed by atoms with Crippen molar-refractivity contribution in [2.75, 3.05) is 0 Å². The third-order valence-corrected chi connectivity index (χ3v) is 2.06. The third-order valence-electron chi connectivity index (χ3n) is 2.06. The van der Waals surface area contributed by atoms with Crippen LogP contribution in [0.4, 0.5) is 0 Å². The van der Waals surface area contributed by atoms with Crippen LogP contribution in [0, 0.1) is 0 Å². The van der Waals surface area contributed by atoms with E-state index in [9.17, 15) is 9.59 Å². The molecule has 2 rings (SSSR count). The van der Waals surface area contributed by atoms with Crippen LogP contribution < -0.4 is 40.4 Å². The zero-order valence-corrected chi connectivity index (χ0v) is 11.4. The number of benzene rings is 1. The number of aromatic amines is 2. The van der Waals surface area contributed by atoms with E-state index in [0.717, 1.165) is 5.56 Å². The van der Waals surface area contributed by atoms with Gasteiger partial charge in [-0.05, 0) is 5.56 Å². The second-order valence-corrected chi connectivity index (χ2v) is 3.19. The van der Waals surface area contributed by atoms with E-state index in [4.69, 9.17) is 0 Å². The molecule has 6 nitrogen and oxygen atoms in total. The minimum atomic E-state index is -0.523. The Morgan fingerprint density at radius 2 is 2.00 bits per heavy atom. The van der Waals surface area contributed by atoms with Gasteiger partial charge >= 0.3 is 29.6 Å². The molecule has 1 amide bonds. The predicted molar refractivity (Wildman–Crippen MR) is 56.8 cm³/mol. The molecule has 0 spiro atoms. The maximum Gasteiger partial charge on any atom is 1.00 e. The van der Waals surface area contributed by atoms with Gasteiger partial charge in [-0.15, -0.1) is 5.10 Å². The van der Waals surface area contributed by atoms with Gasteiger partial charge in [-0.3, -0.25) is 9.59 Å². The van der Waals surface area contributed by atoms with Crippen molar-refractivity contribution in [3.05, 3.63) is 51.9 Å². The minimum Gasteiger partial charge on any atom is -0.346 e. The summed E-state index contributed by atoms with van der Waals surface area (Å²) >= 11 is 0. The zero-order chi connectivity index (χ0) is 11.4. The van der Waals surface area contributed by atoms with Gasteiger partial charge in [-0.1, -0.05) is 30.3 Å². The van der Waals surface area contributed by atoms with Crippen molar-refractivity contribution in [2.45, 2.75) is 6.54 Å². The molecule has 17 heavy (non-hydrogen) atoms. The average Bonchev–Trinajstić information content (AvgIpc) is 2.74. The number of rotatable bonds is 3. The summed E-state index contributed by atoms with van der Waals surface area (Å²) in [7, 11) is 0. The molecule has 2 aromatic rings. The van der Waals surface area contributed by atoms with Crippen LogP contribution in [0.25, 0.3) is 0 Å². The van der Waals surface area contributed by atoms with Crippen LogP contribution in [0.15, 0.2) is 35.1 Å². The summed E-state index contributed by atoms with van der Waals surface area (Å²) < 4.78 is 0. The second kappa shape index (κ2) is 6.39. The van der Waals surface area contributed by atoms with Crippen LogP contribution in [0.1, 0.15) is 16.1 Å². The molecular formula is C10H10N4NaO2+. The van der Waals surface area contributed by atoms with Gasteiger partial charge in [-0.2, -0.15) is 0 Å². The Bertz CT molecular complexity index is 534. The van der Waals surface area contributed by atoms with Crippen molar-refractivity contribution in [1.82, 2.24) is 20.7 Å². The molecule has 1 aromatic heterocycles. The van der Waals surface area contributed by atoms with Gasteiger partial charge in [0.25, 0.3) is 11.5 Å². The molecule has 0 bridgehead atoms. The van der Waals surface area contributed by atoms with E-state index in [1.54, 1.807) is 0 Å². The van der Waals surface area contributed by atoms with E-state index >= 15 is 0 Å². The molecule has 1 aromatic carbocycles. The quantitative estimate of drug-likeness (QED) is 0.501. The van der Waals surface area contributed by atoms with Crippen molar-refractivity contribution >= 4 is 5.91 Å².